The number of alkyl halides is 3. The Balaban J connectivity index is 1.50. The molecule has 0 aliphatic rings. The van der Waals surface area contributed by atoms with Crippen molar-refractivity contribution in [2.24, 2.45) is 0 Å². The maximum atomic E-state index is 12.7. The van der Waals surface area contributed by atoms with E-state index in [0.717, 1.165) is 23.3 Å². The lowest BCUT2D eigenvalue weighted by molar-refractivity contribution is -0.137. The number of hydrogen-bond acceptors (Lipinski definition) is 1. The van der Waals surface area contributed by atoms with Crippen LogP contribution in [0.15, 0.2) is 78.9 Å². The van der Waals surface area contributed by atoms with Gasteiger partial charge in [-0.2, -0.15) is 13.2 Å². The summed E-state index contributed by atoms with van der Waals surface area (Å²) in [5.74, 6) is 0. The Labute approximate surface area is 161 Å². The minimum Gasteiger partial charge on any atom is -0.338 e. The molecule has 0 radical (unpaired) electrons. The first kappa shape index (κ1) is 19.5. The van der Waals surface area contributed by atoms with E-state index in [9.17, 15) is 18.0 Å². The number of anilines is 1. The summed E-state index contributed by atoms with van der Waals surface area (Å²) >= 11 is 0. The van der Waals surface area contributed by atoms with Crippen molar-refractivity contribution >= 4 is 11.7 Å². The molecule has 0 unspecified atom stereocenters. The zero-order chi connectivity index (χ0) is 20.0. The van der Waals surface area contributed by atoms with Crippen LogP contribution in [0.3, 0.4) is 0 Å². The first-order valence-electron chi connectivity index (χ1n) is 8.78. The Hall–Kier alpha value is -3.28. The summed E-state index contributed by atoms with van der Waals surface area (Å²) in [5.41, 5.74) is 2.59. The molecule has 144 valence electrons. The van der Waals surface area contributed by atoms with Gasteiger partial charge in [0, 0.05) is 12.2 Å². The summed E-state index contributed by atoms with van der Waals surface area (Å²) in [5, 5.41) is 5.37. The predicted octanol–water partition coefficient (Wildman–Crippen LogP) is 5.74. The highest BCUT2D eigenvalue weighted by molar-refractivity contribution is 5.89. The van der Waals surface area contributed by atoms with Crippen LogP contribution in [0.4, 0.5) is 23.7 Å². The van der Waals surface area contributed by atoms with Gasteiger partial charge in [-0.15, -0.1) is 0 Å². The van der Waals surface area contributed by atoms with Gasteiger partial charge in [0.05, 0.1) is 5.56 Å². The van der Waals surface area contributed by atoms with Crippen LogP contribution in [-0.4, -0.2) is 12.6 Å². The van der Waals surface area contributed by atoms with Crippen LogP contribution in [0.5, 0.6) is 0 Å². The largest absolute Gasteiger partial charge is 0.416 e. The van der Waals surface area contributed by atoms with Gasteiger partial charge in [-0.05, 0) is 41.3 Å². The molecule has 0 saturated heterocycles. The quantitative estimate of drug-likeness (QED) is 0.579. The summed E-state index contributed by atoms with van der Waals surface area (Å²) in [6.07, 6.45) is -4.06. The number of amides is 2. The van der Waals surface area contributed by atoms with Crippen molar-refractivity contribution in [3.63, 3.8) is 0 Å². The Kier molecular flexibility index (Phi) is 5.99. The highest BCUT2D eigenvalue weighted by atomic mass is 19.4. The molecular weight excluding hydrogens is 365 g/mol. The Morgan fingerprint density at radius 2 is 1.50 bits per heavy atom. The lowest BCUT2D eigenvalue weighted by atomic mass is 10.1. The fourth-order valence-electron chi connectivity index (χ4n) is 2.78. The molecule has 3 aromatic rings. The summed E-state index contributed by atoms with van der Waals surface area (Å²) in [6, 6.07) is 22.0. The molecule has 0 spiro atoms. The van der Waals surface area contributed by atoms with E-state index in [2.05, 4.69) is 10.6 Å². The number of hydrogen-bond donors (Lipinski definition) is 2. The minimum atomic E-state index is -4.37. The molecule has 2 amide bonds. The summed E-state index contributed by atoms with van der Waals surface area (Å²) in [6.45, 7) is 0.231. The average molecular weight is 384 g/mol. The lowest BCUT2D eigenvalue weighted by Crippen LogP contribution is -2.30. The maximum Gasteiger partial charge on any atom is 0.416 e. The van der Waals surface area contributed by atoms with Crippen molar-refractivity contribution in [3.05, 3.63) is 90.0 Å². The number of rotatable bonds is 5. The van der Waals surface area contributed by atoms with E-state index in [-0.39, 0.29) is 6.54 Å². The molecule has 2 N–H and O–H groups in total. The number of halogens is 3. The van der Waals surface area contributed by atoms with Gasteiger partial charge >= 0.3 is 12.2 Å². The van der Waals surface area contributed by atoms with E-state index in [0.29, 0.717) is 17.7 Å². The van der Waals surface area contributed by atoms with Crippen LogP contribution < -0.4 is 10.6 Å². The van der Waals surface area contributed by atoms with E-state index in [1.54, 1.807) is 18.2 Å². The summed E-state index contributed by atoms with van der Waals surface area (Å²) < 4.78 is 38.2. The van der Waals surface area contributed by atoms with Crippen molar-refractivity contribution in [1.29, 1.82) is 0 Å². The van der Waals surface area contributed by atoms with E-state index >= 15 is 0 Å². The van der Waals surface area contributed by atoms with E-state index in [4.69, 9.17) is 0 Å². The number of carbonyl (C=O) groups excluding carboxylic acids is 1. The standard InChI is InChI=1S/C22H19F3N2O/c23-22(24,25)19-8-4-5-16(15-19)13-14-26-21(28)27-20-11-9-18(10-12-20)17-6-2-1-3-7-17/h1-12,15H,13-14H2,(H2,26,27,28). The third kappa shape index (κ3) is 5.36. The molecule has 0 aromatic heterocycles. The van der Waals surface area contributed by atoms with Crippen molar-refractivity contribution in [2.75, 3.05) is 11.9 Å². The topological polar surface area (TPSA) is 41.1 Å². The Bertz CT molecular complexity index is 923. The second-order valence-corrected chi connectivity index (χ2v) is 6.27. The maximum absolute atomic E-state index is 12.7. The van der Waals surface area contributed by atoms with Gasteiger partial charge in [0.25, 0.3) is 0 Å². The van der Waals surface area contributed by atoms with E-state index < -0.39 is 17.8 Å². The fraction of sp³-hybridized carbons (Fsp3) is 0.136. The molecule has 0 aliphatic heterocycles. The van der Waals surface area contributed by atoms with Gasteiger partial charge in [0.15, 0.2) is 0 Å². The molecule has 0 heterocycles. The van der Waals surface area contributed by atoms with Crippen LogP contribution >= 0.6 is 0 Å². The van der Waals surface area contributed by atoms with Gasteiger partial charge in [-0.3, -0.25) is 0 Å². The first-order valence-corrected chi connectivity index (χ1v) is 8.78. The van der Waals surface area contributed by atoms with Crippen molar-refractivity contribution in [2.45, 2.75) is 12.6 Å². The Morgan fingerprint density at radius 1 is 0.821 bits per heavy atom. The van der Waals surface area contributed by atoms with Crippen molar-refractivity contribution in [1.82, 2.24) is 5.32 Å². The van der Waals surface area contributed by atoms with Gasteiger partial charge in [-0.25, -0.2) is 4.79 Å². The SMILES string of the molecule is O=C(NCCc1cccc(C(F)(F)F)c1)Nc1ccc(-c2ccccc2)cc1. The minimum absolute atomic E-state index is 0.231. The molecule has 28 heavy (non-hydrogen) atoms. The van der Waals surface area contributed by atoms with Crippen molar-refractivity contribution < 1.29 is 18.0 Å². The normalized spacial score (nSPS) is 11.1. The van der Waals surface area contributed by atoms with Gasteiger partial charge in [0.2, 0.25) is 0 Å². The number of benzene rings is 3. The monoisotopic (exact) mass is 384 g/mol. The number of nitrogens with one attached hydrogen (secondary N) is 2. The molecule has 0 bridgehead atoms. The molecular formula is C22H19F3N2O. The van der Waals surface area contributed by atoms with Gasteiger partial charge < -0.3 is 10.6 Å². The van der Waals surface area contributed by atoms with Crippen molar-refractivity contribution in [3.8, 4) is 11.1 Å². The highest BCUT2D eigenvalue weighted by Crippen LogP contribution is 2.29. The molecule has 6 heteroatoms. The van der Waals surface area contributed by atoms with Gasteiger partial charge in [0.1, 0.15) is 0 Å². The molecule has 3 aromatic carbocycles. The summed E-state index contributed by atoms with van der Waals surface area (Å²) in [7, 11) is 0. The second kappa shape index (κ2) is 8.61. The van der Waals surface area contributed by atoms with Crippen LogP contribution in [-0.2, 0) is 12.6 Å². The summed E-state index contributed by atoms with van der Waals surface area (Å²) in [4.78, 5) is 12.0. The molecule has 0 atom stereocenters. The van der Waals surface area contributed by atoms with E-state index in [1.807, 2.05) is 42.5 Å². The zero-order valence-corrected chi connectivity index (χ0v) is 15.0. The van der Waals surface area contributed by atoms with Gasteiger partial charge in [-0.1, -0.05) is 60.7 Å². The fourth-order valence-corrected chi connectivity index (χ4v) is 2.78. The first-order chi connectivity index (χ1) is 13.4. The highest BCUT2D eigenvalue weighted by Gasteiger charge is 2.30. The molecule has 3 nitrogen and oxygen atoms in total. The Morgan fingerprint density at radius 3 is 2.18 bits per heavy atom. The second-order valence-electron chi connectivity index (χ2n) is 6.27. The zero-order valence-electron chi connectivity index (χ0n) is 15.0. The number of urea groups is 1. The number of carbonyl (C=O) groups is 1. The molecule has 3 rings (SSSR count). The van der Waals surface area contributed by atoms with Crippen LogP contribution in [0, 0.1) is 0 Å². The van der Waals surface area contributed by atoms with Crippen LogP contribution in [0.2, 0.25) is 0 Å². The third-order valence-corrected chi connectivity index (χ3v) is 4.20. The van der Waals surface area contributed by atoms with Crippen LogP contribution in [0.25, 0.3) is 11.1 Å². The molecule has 0 fully saturated rings. The van der Waals surface area contributed by atoms with E-state index in [1.165, 1.54) is 6.07 Å². The lowest BCUT2D eigenvalue weighted by Gasteiger charge is -2.10. The average Bonchev–Trinajstić information content (AvgIpc) is 2.69. The molecule has 0 aliphatic carbocycles. The smallest absolute Gasteiger partial charge is 0.338 e. The molecule has 0 saturated carbocycles. The van der Waals surface area contributed by atoms with Crippen LogP contribution in [0.1, 0.15) is 11.1 Å². The predicted molar refractivity (Wildman–Crippen MR) is 104 cm³/mol. The third-order valence-electron chi connectivity index (χ3n) is 4.20.